The molecule has 2 aromatic carbocycles. The minimum Gasteiger partial charge on any atom is -0.439 e. The number of nitrogens with zero attached hydrogens (tertiary/aromatic N) is 4. The number of hydrogen-bond acceptors (Lipinski definition) is 7. The van der Waals surface area contributed by atoms with E-state index in [1.807, 2.05) is 13.8 Å². The molecular weight excluding hydrogens is 432 g/mol. The minimum atomic E-state index is -3.73. The van der Waals surface area contributed by atoms with Gasteiger partial charge in [0.05, 0.1) is 15.8 Å². The van der Waals surface area contributed by atoms with Crippen molar-refractivity contribution in [2.75, 3.05) is 13.1 Å². The average molecular weight is 457 g/mol. The molecule has 0 amide bonds. The number of carbonyl (C=O) groups is 1. The first-order valence-electron chi connectivity index (χ1n) is 10.4. The lowest BCUT2D eigenvalue weighted by Gasteiger charge is -2.34. The number of hydrogen-bond donors (Lipinski definition) is 0. The lowest BCUT2D eigenvalue weighted by Crippen LogP contribution is -2.42. The Balaban J connectivity index is 1.51. The fourth-order valence-electron chi connectivity index (χ4n) is 4.05. The van der Waals surface area contributed by atoms with Crippen molar-refractivity contribution in [2.45, 2.75) is 31.9 Å². The van der Waals surface area contributed by atoms with E-state index < -0.39 is 28.3 Å². The van der Waals surface area contributed by atoms with Crippen molar-refractivity contribution in [1.29, 1.82) is 0 Å². The van der Waals surface area contributed by atoms with E-state index in [2.05, 4.69) is 10.3 Å². The molecule has 32 heavy (non-hydrogen) atoms. The number of benzene rings is 2. The van der Waals surface area contributed by atoms with Crippen LogP contribution < -0.4 is 5.56 Å². The van der Waals surface area contributed by atoms with Crippen molar-refractivity contribution in [3.05, 3.63) is 64.4 Å². The molecule has 0 spiro atoms. The summed E-state index contributed by atoms with van der Waals surface area (Å²) in [4.78, 5) is 25.1. The van der Waals surface area contributed by atoms with Crippen LogP contribution in [0.4, 0.5) is 0 Å². The second kappa shape index (κ2) is 8.79. The molecule has 0 N–H and O–H groups in total. The van der Waals surface area contributed by atoms with Crippen LogP contribution in [0.3, 0.4) is 0 Å². The smallest absolute Gasteiger partial charge is 0.339 e. The number of fused-ring (bicyclic) bond motifs is 1. The van der Waals surface area contributed by atoms with E-state index >= 15 is 0 Å². The predicted octanol–water partition coefficient (Wildman–Crippen LogP) is 2.27. The summed E-state index contributed by atoms with van der Waals surface area (Å²) in [6.07, 6.45) is 0.982. The van der Waals surface area contributed by atoms with E-state index in [4.69, 9.17) is 4.74 Å². The summed E-state index contributed by atoms with van der Waals surface area (Å²) in [6.45, 7) is 4.52. The van der Waals surface area contributed by atoms with Crippen LogP contribution in [0, 0.1) is 11.8 Å². The summed E-state index contributed by atoms with van der Waals surface area (Å²) >= 11 is 0. The molecule has 0 aliphatic carbocycles. The van der Waals surface area contributed by atoms with E-state index in [9.17, 15) is 18.0 Å². The van der Waals surface area contributed by atoms with E-state index in [1.54, 1.807) is 24.3 Å². The van der Waals surface area contributed by atoms with Crippen LogP contribution in [-0.2, 0) is 21.5 Å². The van der Waals surface area contributed by atoms with Crippen molar-refractivity contribution in [2.24, 2.45) is 11.8 Å². The topological polar surface area (TPSA) is 111 Å². The van der Waals surface area contributed by atoms with E-state index in [-0.39, 0.29) is 22.3 Å². The normalized spacial score (nSPS) is 19.7. The summed E-state index contributed by atoms with van der Waals surface area (Å²) in [6, 6.07) is 12.5. The van der Waals surface area contributed by atoms with Crippen LogP contribution in [-0.4, -0.2) is 46.8 Å². The molecule has 0 bridgehead atoms. The number of piperidine rings is 1. The van der Waals surface area contributed by atoms with Crippen molar-refractivity contribution in [3.63, 3.8) is 0 Å². The van der Waals surface area contributed by atoms with E-state index in [0.717, 1.165) is 11.1 Å². The first kappa shape index (κ1) is 22.1. The maximum Gasteiger partial charge on any atom is 0.339 e. The monoisotopic (exact) mass is 456 g/mol. The van der Waals surface area contributed by atoms with Crippen LogP contribution in [0.25, 0.3) is 10.9 Å². The zero-order chi connectivity index (χ0) is 22.9. The Kier molecular flexibility index (Phi) is 6.07. The lowest BCUT2D eigenvalue weighted by molar-refractivity contribution is 0.0336. The van der Waals surface area contributed by atoms with Crippen LogP contribution in [0.5, 0.6) is 0 Å². The van der Waals surface area contributed by atoms with Crippen molar-refractivity contribution in [1.82, 2.24) is 19.3 Å². The highest BCUT2D eigenvalue weighted by Crippen LogP contribution is 2.27. The van der Waals surface area contributed by atoms with Crippen LogP contribution in [0.1, 0.15) is 30.6 Å². The summed E-state index contributed by atoms with van der Waals surface area (Å²) in [7, 11) is -3.73. The molecule has 1 fully saturated rings. The van der Waals surface area contributed by atoms with E-state index in [1.165, 1.54) is 28.6 Å². The van der Waals surface area contributed by atoms with Gasteiger partial charge in [0.25, 0.3) is 5.56 Å². The Morgan fingerprint density at radius 2 is 1.81 bits per heavy atom. The van der Waals surface area contributed by atoms with Gasteiger partial charge in [-0.1, -0.05) is 37.3 Å². The van der Waals surface area contributed by atoms with Crippen molar-refractivity contribution in [3.8, 4) is 0 Å². The molecule has 2 unspecified atom stereocenters. The van der Waals surface area contributed by atoms with Crippen LogP contribution >= 0.6 is 0 Å². The number of carbonyl (C=O) groups excluding carboxylic acids is 1. The standard InChI is InChI=1S/C22H24N4O5S/c1-15-10-16(2)13-25(12-15)32(29,30)18-7-5-6-17(11-18)22(28)31-14-26-21(27)19-8-3-4-9-20(19)23-24-26/h3-9,11,15-16H,10,12-14H2,1-2H3. The fourth-order valence-corrected chi connectivity index (χ4v) is 5.77. The molecule has 3 aromatic rings. The minimum absolute atomic E-state index is 0.0379. The maximum absolute atomic E-state index is 13.1. The third-order valence-electron chi connectivity index (χ3n) is 5.49. The van der Waals surface area contributed by atoms with Gasteiger partial charge in [0.15, 0.2) is 6.73 Å². The molecule has 2 atom stereocenters. The molecule has 0 saturated carbocycles. The Bertz CT molecular complexity index is 1310. The molecule has 1 aliphatic rings. The molecule has 4 rings (SSSR count). The molecule has 2 heterocycles. The van der Waals surface area contributed by atoms with E-state index in [0.29, 0.717) is 24.0 Å². The summed E-state index contributed by atoms with van der Waals surface area (Å²) in [5.74, 6) is -0.226. The molecule has 1 aromatic heterocycles. The number of ether oxygens (including phenoxy) is 1. The zero-order valence-corrected chi connectivity index (χ0v) is 18.7. The third-order valence-corrected chi connectivity index (χ3v) is 7.32. The average Bonchev–Trinajstić information content (AvgIpc) is 2.78. The Labute approximate surface area is 185 Å². The Hall–Kier alpha value is -3.11. The zero-order valence-electron chi connectivity index (χ0n) is 17.8. The summed E-state index contributed by atoms with van der Waals surface area (Å²) in [5, 5.41) is 8.08. The highest BCUT2D eigenvalue weighted by molar-refractivity contribution is 7.89. The second-order valence-electron chi connectivity index (χ2n) is 8.27. The van der Waals surface area contributed by atoms with Gasteiger partial charge in [-0.05, 0) is 48.6 Å². The second-order valence-corrected chi connectivity index (χ2v) is 10.2. The molecule has 9 nitrogen and oxygen atoms in total. The molecule has 1 aliphatic heterocycles. The first-order valence-corrected chi connectivity index (χ1v) is 11.8. The van der Waals surface area contributed by atoms with Gasteiger partial charge >= 0.3 is 5.97 Å². The Morgan fingerprint density at radius 1 is 1.09 bits per heavy atom. The lowest BCUT2D eigenvalue weighted by atomic mass is 9.94. The summed E-state index contributed by atoms with van der Waals surface area (Å²) < 4.78 is 33.8. The van der Waals surface area contributed by atoms with Gasteiger partial charge in [0.1, 0.15) is 5.52 Å². The molecule has 1 saturated heterocycles. The molecule has 0 radical (unpaired) electrons. The quantitative estimate of drug-likeness (QED) is 0.542. The van der Waals surface area contributed by atoms with Gasteiger partial charge in [0.2, 0.25) is 10.0 Å². The highest BCUT2D eigenvalue weighted by atomic mass is 32.2. The number of esters is 1. The molecule has 168 valence electrons. The molecular formula is C22H24N4O5S. The van der Waals surface area contributed by atoms with Crippen LogP contribution in [0.15, 0.2) is 58.2 Å². The van der Waals surface area contributed by atoms with Crippen LogP contribution in [0.2, 0.25) is 0 Å². The van der Waals surface area contributed by atoms with Gasteiger partial charge < -0.3 is 4.74 Å². The summed E-state index contributed by atoms with van der Waals surface area (Å²) in [5.41, 5.74) is 0.0818. The fraction of sp³-hybridized carbons (Fsp3) is 0.364. The van der Waals surface area contributed by atoms with Gasteiger partial charge in [-0.3, -0.25) is 4.79 Å². The first-order chi connectivity index (χ1) is 15.3. The highest BCUT2D eigenvalue weighted by Gasteiger charge is 2.32. The number of aromatic nitrogens is 3. The largest absolute Gasteiger partial charge is 0.439 e. The predicted molar refractivity (Wildman–Crippen MR) is 117 cm³/mol. The maximum atomic E-state index is 13.1. The number of sulfonamides is 1. The Morgan fingerprint density at radius 3 is 2.56 bits per heavy atom. The van der Waals surface area contributed by atoms with Gasteiger partial charge in [0, 0.05) is 13.1 Å². The van der Waals surface area contributed by atoms with Crippen molar-refractivity contribution < 1.29 is 17.9 Å². The van der Waals surface area contributed by atoms with Crippen molar-refractivity contribution >= 4 is 26.9 Å². The number of rotatable bonds is 5. The van der Waals surface area contributed by atoms with Gasteiger partial charge in [-0.25, -0.2) is 13.2 Å². The van der Waals surface area contributed by atoms with Gasteiger partial charge in [-0.15, -0.1) is 5.10 Å². The molecule has 10 heteroatoms. The third kappa shape index (κ3) is 4.42. The SMILES string of the molecule is CC1CC(C)CN(S(=O)(=O)c2cccc(C(=O)OCn3nnc4ccccc4c3=O)c2)C1. The van der Waals surface area contributed by atoms with Gasteiger partial charge in [-0.2, -0.15) is 8.99 Å².